The lowest BCUT2D eigenvalue weighted by Crippen LogP contribution is -2.24. The zero-order chi connectivity index (χ0) is 21.7. The molecule has 31 heavy (non-hydrogen) atoms. The van der Waals surface area contributed by atoms with Crippen molar-refractivity contribution in [1.82, 2.24) is 4.98 Å². The average molecular weight is 458 g/mol. The average Bonchev–Trinajstić information content (AvgIpc) is 3.43. The summed E-state index contributed by atoms with van der Waals surface area (Å²) in [5.41, 5.74) is 3.28. The molecule has 3 aromatic rings. The molecule has 1 amide bonds. The Hall–Kier alpha value is -2.65. The molecule has 0 bridgehead atoms. The number of anilines is 2. The summed E-state index contributed by atoms with van der Waals surface area (Å²) in [6.45, 7) is 1.14. The molecule has 9 heteroatoms. The van der Waals surface area contributed by atoms with Crippen LogP contribution in [-0.2, 0) is 6.54 Å². The fourth-order valence-electron chi connectivity index (χ4n) is 4.01. The van der Waals surface area contributed by atoms with Crippen molar-refractivity contribution in [1.29, 1.82) is 0 Å². The van der Waals surface area contributed by atoms with Crippen molar-refractivity contribution in [2.24, 2.45) is 0 Å². The number of carbonyl (C=O) groups is 1. The first-order valence-corrected chi connectivity index (χ1v) is 11.0. The Labute approximate surface area is 188 Å². The van der Waals surface area contributed by atoms with Crippen LogP contribution in [0.3, 0.4) is 0 Å². The molecule has 2 aliphatic heterocycles. The summed E-state index contributed by atoms with van der Waals surface area (Å²) < 4.78 is 5.55. The normalized spacial score (nSPS) is 20.5. The number of nitrogens with zero attached hydrogens (tertiary/aromatic N) is 3. The van der Waals surface area contributed by atoms with Crippen LogP contribution in [0, 0.1) is 0 Å². The van der Waals surface area contributed by atoms with Crippen LogP contribution in [0.25, 0.3) is 10.6 Å². The molecule has 2 aliphatic rings. The van der Waals surface area contributed by atoms with Crippen LogP contribution >= 0.6 is 22.9 Å². The molecular weight excluding hydrogens is 438 g/mol. The predicted molar refractivity (Wildman–Crippen MR) is 120 cm³/mol. The molecule has 2 atom stereocenters. The van der Waals surface area contributed by atoms with Gasteiger partial charge in [-0.05, 0) is 35.9 Å². The van der Waals surface area contributed by atoms with Crippen LogP contribution in [-0.4, -0.2) is 53.5 Å². The minimum Gasteiger partial charge on any atom is -0.495 e. The number of aromatic nitrogens is 1. The maximum atomic E-state index is 13.1. The lowest BCUT2D eigenvalue weighted by Gasteiger charge is -2.23. The van der Waals surface area contributed by atoms with Gasteiger partial charge >= 0.3 is 0 Å². The molecule has 0 spiro atoms. The number of halogens is 1. The molecular formula is C22H20ClN3O4S. The Bertz CT molecular complexity index is 1140. The van der Waals surface area contributed by atoms with Gasteiger partial charge in [0, 0.05) is 31.0 Å². The van der Waals surface area contributed by atoms with Crippen molar-refractivity contribution in [2.45, 2.75) is 18.8 Å². The summed E-state index contributed by atoms with van der Waals surface area (Å²) in [6.07, 6.45) is 0.0249. The molecule has 2 aromatic heterocycles. The number of amides is 1. The van der Waals surface area contributed by atoms with Crippen molar-refractivity contribution < 1.29 is 19.7 Å². The highest BCUT2D eigenvalue weighted by atomic mass is 35.5. The number of ether oxygens (including phenoxy) is 1. The number of thiophene rings is 1. The van der Waals surface area contributed by atoms with E-state index in [4.69, 9.17) is 16.3 Å². The molecule has 5 rings (SSSR count). The van der Waals surface area contributed by atoms with Gasteiger partial charge in [-0.2, -0.15) is 0 Å². The SMILES string of the molecule is COc1cc(N2Cc3cc(-c4ccc(Cl)cn4)sc3C2=O)ccc1N1C[C@@H](O)[C@@H](O)C1. The minimum atomic E-state index is -0.787. The number of aliphatic hydroxyl groups excluding tert-OH is 2. The van der Waals surface area contributed by atoms with Crippen molar-refractivity contribution in [3.8, 4) is 16.3 Å². The molecule has 160 valence electrons. The number of β-amino-alcohol motifs (C(OH)–C–C–N with tert-alkyl or cyclic N) is 2. The lowest BCUT2D eigenvalue weighted by molar-refractivity contribution is 0.0572. The summed E-state index contributed by atoms with van der Waals surface area (Å²) in [7, 11) is 1.57. The molecule has 0 saturated carbocycles. The third-order valence-corrected chi connectivity index (χ3v) is 7.04. The summed E-state index contributed by atoms with van der Waals surface area (Å²) in [6, 6.07) is 11.2. The van der Waals surface area contributed by atoms with Crippen LogP contribution in [0.15, 0.2) is 42.6 Å². The number of hydrogen-bond acceptors (Lipinski definition) is 7. The maximum Gasteiger partial charge on any atom is 0.269 e. The highest BCUT2D eigenvalue weighted by Crippen LogP contribution is 2.40. The van der Waals surface area contributed by atoms with Crippen LogP contribution in [0.5, 0.6) is 5.75 Å². The standard InChI is InChI=1S/C22H20ClN3O4S/c1-30-19-7-14(3-5-16(19)25-10-17(27)18(28)11-25)26-9-12-6-20(31-21(12)22(26)29)15-4-2-13(23)8-24-15/h2-8,17-18,27-28H,9-11H2,1H3/t17-,18+. The van der Waals surface area contributed by atoms with Gasteiger partial charge in [-0.25, -0.2) is 0 Å². The van der Waals surface area contributed by atoms with Crippen molar-refractivity contribution in [3.05, 3.63) is 58.1 Å². The van der Waals surface area contributed by atoms with Crippen molar-refractivity contribution >= 4 is 40.2 Å². The Morgan fingerprint density at radius 3 is 2.58 bits per heavy atom. The first-order valence-electron chi connectivity index (χ1n) is 9.80. The van der Waals surface area contributed by atoms with Gasteiger partial charge in [0.1, 0.15) is 5.75 Å². The highest BCUT2D eigenvalue weighted by molar-refractivity contribution is 7.17. The molecule has 1 fully saturated rings. The fourth-order valence-corrected chi connectivity index (χ4v) is 5.22. The van der Waals surface area contributed by atoms with E-state index in [-0.39, 0.29) is 5.91 Å². The quantitative estimate of drug-likeness (QED) is 0.626. The van der Waals surface area contributed by atoms with E-state index < -0.39 is 12.2 Å². The van der Waals surface area contributed by atoms with Gasteiger partial charge in [-0.1, -0.05) is 11.6 Å². The van der Waals surface area contributed by atoms with Gasteiger partial charge in [0.05, 0.1) is 52.0 Å². The third kappa shape index (κ3) is 3.55. The largest absolute Gasteiger partial charge is 0.495 e. The number of pyridine rings is 1. The number of fused-ring (bicyclic) bond motifs is 1. The molecule has 0 radical (unpaired) electrons. The minimum absolute atomic E-state index is 0.0537. The molecule has 0 unspecified atom stereocenters. The number of benzene rings is 1. The van der Waals surface area contributed by atoms with E-state index in [9.17, 15) is 15.0 Å². The number of aliphatic hydroxyl groups is 2. The highest BCUT2D eigenvalue weighted by Gasteiger charge is 2.34. The van der Waals surface area contributed by atoms with Crippen LogP contribution in [0.2, 0.25) is 5.02 Å². The molecule has 4 heterocycles. The van der Waals surface area contributed by atoms with E-state index in [0.717, 1.165) is 27.5 Å². The van der Waals surface area contributed by atoms with Crippen LogP contribution in [0.1, 0.15) is 15.2 Å². The summed E-state index contributed by atoms with van der Waals surface area (Å²) in [4.78, 5) is 22.7. The molecule has 1 saturated heterocycles. The number of carbonyl (C=O) groups excluding carboxylic acids is 1. The van der Waals surface area contributed by atoms with Gasteiger partial charge in [0.25, 0.3) is 5.91 Å². The van der Waals surface area contributed by atoms with E-state index in [0.29, 0.717) is 35.3 Å². The topological polar surface area (TPSA) is 86.1 Å². The van der Waals surface area contributed by atoms with E-state index in [1.807, 2.05) is 35.2 Å². The van der Waals surface area contributed by atoms with Crippen LogP contribution in [0.4, 0.5) is 11.4 Å². The van der Waals surface area contributed by atoms with E-state index >= 15 is 0 Å². The van der Waals surface area contributed by atoms with Crippen LogP contribution < -0.4 is 14.5 Å². The predicted octanol–water partition coefficient (Wildman–Crippen LogP) is 3.17. The Morgan fingerprint density at radius 1 is 1.16 bits per heavy atom. The summed E-state index contributed by atoms with van der Waals surface area (Å²) in [5.74, 6) is 0.537. The second-order valence-corrected chi connectivity index (χ2v) is 9.10. The van der Waals surface area contributed by atoms with Gasteiger partial charge in [-0.3, -0.25) is 9.78 Å². The molecule has 1 aromatic carbocycles. The second kappa shape index (κ2) is 7.80. The maximum absolute atomic E-state index is 13.1. The van der Waals surface area contributed by atoms with Crippen molar-refractivity contribution in [3.63, 3.8) is 0 Å². The van der Waals surface area contributed by atoms with Gasteiger partial charge < -0.3 is 24.7 Å². The second-order valence-electron chi connectivity index (χ2n) is 7.61. The zero-order valence-corrected chi connectivity index (χ0v) is 18.2. The summed E-state index contributed by atoms with van der Waals surface area (Å²) >= 11 is 7.35. The van der Waals surface area contributed by atoms with Gasteiger partial charge in [0.15, 0.2) is 0 Å². The van der Waals surface area contributed by atoms with E-state index in [1.54, 1.807) is 24.3 Å². The Balaban J connectivity index is 1.40. The molecule has 0 aliphatic carbocycles. The Morgan fingerprint density at radius 2 is 1.94 bits per heavy atom. The smallest absolute Gasteiger partial charge is 0.269 e. The Kier molecular flexibility index (Phi) is 5.10. The fraction of sp³-hybridized carbons (Fsp3) is 0.273. The monoisotopic (exact) mass is 457 g/mol. The van der Waals surface area contributed by atoms with E-state index in [2.05, 4.69) is 4.98 Å². The number of methoxy groups -OCH3 is 1. The van der Waals surface area contributed by atoms with Gasteiger partial charge in [-0.15, -0.1) is 11.3 Å². The first-order chi connectivity index (χ1) is 14.9. The van der Waals surface area contributed by atoms with E-state index in [1.165, 1.54) is 11.3 Å². The lowest BCUT2D eigenvalue weighted by atomic mass is 10.2. The van der Waals surface area contributed by atoms with Crippen molar-refractivity contribution in [2.75, 3.05) is 30.0 Å². The zero-order valence-electron chi connectivity index (χ0n) is 16.7. The number of hydrogen-bond donors (Lipinski definition) is 2. The first kappa shape index (κ1) is 20.3. The van der Waals surface area contributed by atoms with Gasteiger partial charge in [0.2, 0.25) is 0 Å². The number of rotatable bonds is 4. The molecule has 2 N–H and O–H groups in total. The summed E-state index contributed by atoms with van der Waals surface area (Å²) in [5, 5.41) is 20.3. The molecule has 7 nitrogen and oxygen atoms in total. The third-order valence-electron chi connectivity index (χ3n) is 5.63.